The van der Waals surface area contributed by atoms with Crippen molar-refractivity contribution in [2.75, 3.05) is 12.4 Å². The van der Waals surface area contributed by atoms with Crippen molar-refractivity contribution in [2.24, 2.45) is 0 Å². The van der Waals surface area contributed by atoms with Gasteiger partial charge in [0.15, 0.2) is 0 Å². The van der Waals surface area contributed by atoms with Crippen LogP contribution in [0.4, 0.5) is 5.69 Å². The highest BCUT2D eigenvalue weighted by Crippen LogP contribution is 2.31. The molecule has 1 N–H and O–H groups in total. The lowest BCUT2D eigenvalue weighted by Crippen LogP contribution is -2.15. The number of nitrogens with one attached hydrogen (secondary N) is 1. The first-order valence-electron chi connectivity index (χ1n) is 4.73. The molecule has 0 aliphatic carbocycles. The quantitative estimate of drug-likeness (QED) is 0.824. The first kappa shape index (κ1) is 14.7. The van der Waals surface area contributed by atoms with Gasteiger partial charge in [-0.1, -0.05) is 15.9 Å². The van der Waals surface area contributed by atoms with E-state index in [1.165, 1.54) is 13.2 Å². The molecular formula is C11H8Br2N2O3. The van der Waals surface area contributed by atoms with E-state index in [1.54, 1.807) is 12.1 Å². The smallest absolute Gasteiger partial charge is 0.340 e. The number of methoxy groups -OCH3 is 1. The largest absolute Gasteiger partial charge is 0.465 e. The Morgan fingerprint density at radius 3 is 2.67 bits per heavy atom. The fourth-order valence-corrected chi connectivity index (χ4v) is 2.55. The summed E-state index contributed by atoms with van der Waals surface area (Å²) in [5.74, 6) is -1.07. The summed E-state index contributed by atoms with van der Waals surface area (Å²) in [5.41, 5.74) is 0.482. The van der Waals surface area contributed by atoms with Gasteiger partial charge >= 0.3 is 5.97 Å². The van der Waals surface area contributed by atoms with Crippen molar-refractivity contribution in [1.29, 1.82) is 5.26 Å². The lowest BCUT2D eigenvalue weighted by Gasteiger charge is -2.11. The molecule has 0 aliphatic heterocycles. The normalized spacial score (nSPS) is 9.44. The van der Waals surface area contributed by atoms with Gasteiger partial charge in [0.2, 0.25) is 5.91 Å². The summed E-state index contributed by atoms with van der Waals surface area (Å²) < 4.78 is 5.81. The van der Waals surface area contributed by atoms with Gasteiger partial charge in [-0.05, 0) is 28.1 Å². The van der Waals surface area contributed by atoms with Gasteiger partial charge in [0, 0.05) is 8.95 Å². The maximum absolute atomic E-state index is 11.6. The Hall–Kier alpha value is -1.39. The topological polar surface area (TPSA) is 79.2 Å². The Morgan fingerprint density at radius 2 is 2.11 bits per heavy atom. The van der Waals surface area contributed by atoms with Gasteiger partial charge in [0.1, 0.15) is 6.42 Å². The summed E-state index contributed by atoms with van der Waals surface area (Å²) in [5, 5.41) is 10.9. The molecule has 18 heavy (non-hydrogen) atoms. The molecule has 0 saturated heterocycles. The number of rotatable bonds is 3. The van der Waals surface area contributed by atoms with Crippen molar-refractivity contribution in [3.8, 4) is 6.07 Å². The van der Waals surface area contributed by atoms with E-state index in [0.717, 1.165) is 0 Å². The Bertz CT molecular complexity index is 538. The third-order valence-electron chi connectivity index (χ3n) is 1.96. The Balaban J connectivity index is 3.20. The summed E-state index contributed by atoms with van der Waals surface area (Å²) in [7, 11) is 1.25. The minimum atomic E-state index is -0.579. The third-order valence-corrected chi connectivity index (χ3v) is 3.05. The number of nitriles is 1. The lowest BCUT2D eigenvalue weighted by molar-refractivity contribution is -0.115. The van der Waals surface area contributed by atoms with Crippen LogP contribution in [0.1, 0.15) is 16.8 Å². The molecule has 1 amide bonds. The number of carbonyl (C=O) groups is 2. The predicted octanol–water partition coefficient (Wildman–Crippen LogP) is 2.85. The molecule has 0 fully saturated rings. The molecule has 1 aromatic carbocycles. The number of anilines is 1. The number of hydrogen-bond acceptors (Lipinski definition) is 4. The minimum absolute atomic E-state index is 0.199. The molecule has 0 aromatic heterocycles. The van der Waals surface area contributed by atoms with Gasteiger partial charge in [-0.3, -0.25) is 4.79 Å². The highest BCUT2D eigenvalue weighted by molar-refractivity contribution is 9.11. The number of halogens is 2. The SMILES string of the molecule is COC(=O)c1cc(Br)cc(Br)c1NC(=O)CC#N. The van der Waals surface area contributed by atoms with Crippen LogP contribution in [0.2, 0.25) is 0 Å². The molecule has 5 nitrogen and oxygen atoms in total. The molecule has 1 rings (SSSR count). The van der Waals surface area contributed by atoms with E-state index in [4.69, 9.17) is 5.26 Å². The van der Waals surface area contributed by atoms with Gasteiger partial charge in [-0.25, -0.2) is 4.79 Å². The molecule has 0 bridgehead atoms. The second-order valence-corrected chi connectivity index (χ2v) is 4.95. The molecule has 1 aromatic rings. The van der Waals surface area contributed by atoms with Gasteiger partial charge in [0.25, 0.3) is 0 Å². The fourth-order valence-electron chi connectivity index (χ4n) is 1.23. The first-order chi connectivity index (χ1) is 8.49. The maximum Gasteiger partial charge on any atom is 0.340 e. The molecule has 0 radical (unpaired) electrons. The van der Waals surface area contributed by atoms with Crippen LogP contribution in [0.15, 0.2) is 21.1 Å². The minimum Gasteiger partial charge on any atom is -0.465 e. The Kier molecular flexibility index (Phi) is 5.31. The number of hydrogen-bond donors (Lipinski definition) is 1. The van der Waals surface area contributed by atoms with Gasteiger partial charge < -0.3 is 10.1 Å². The maximum atomic E-state index is 11.6. The zero-order chi connectivity index (χ0) is 13.7. The highest BCUT2D eigenvalue weighted by Gasteiger charge is 2.17. The van der Waals surface area contributed by atoms with Gasteiger partial charge in [-0.15, -0.1) is 0 Å². The molecule has 7 heteroatoms. The molecule has 94 valence electrons. The number of amides is 1. The van der Waals surface area contributed by atoms with Crippen LogP contribution in [0, 0.1) is 11.3 Å². The van der Waals surface area contributed by atoms with E-state index in [0.29, 0.717) is 8.95 Å². The van der Waals surface area contributed by atoms with Crippen LogP contribution in [-0.2, 0) is 9.53 Å². The number of benzene rings is 1. The van der Waals surface area contributed by atoms with Crippen LogP contribution in [0.25, 0.3) is 0 Å². The summed E-state index contributed by atoms with van der Waals surface area (Å²) >= 11 is 6.48. The monoisotopic (exact) mass is 374 g/mol. The number of esters is 1. The molecular weight excluding hydrogens is 368 g/mol. The second kappa shape index (κ2) is 6.52. The zero-order valence-electron chi connectivity index (χ0n) is 9.29. The van der Waals surface area contributed by atoms with Crippen molar-refractivity contribution in [3.63, 3.8) is 0 Å². The van der Waals surface area contributed by atoms with E-state index in [2.05, 4.69) is 41.9 Å². The van der Waals surface area contributed by atoms with Crippen LogP contribution < -0.4 is 5.32 Å². The van der Waals surface area contributed by atoms with Gasteiger partial charge in [0.05, 0.1) is 24.4 Å². The van der Waals surface area contributed by atoms with Crippen molar-refractivity contribution >= 4 is 49.4 Å². The molecule has 0 heterocycles. The Labute approximate surface area is 120 Å². The number of ether oxygens (including phenoxy) is 1. The number of carbonyl (C=O) groups excluding carboxylic acids is 2. The molecule has 0 unspecified atom stereocenters. The molecule has 0 spiro atoms. The molecule has 0 aliphatic rings. The third kappa shape index (κ3) is 3.55. The zero-order valence-corrected chi connectivity index (χ0v) is 12.5. The van der Waals surface area contributed by atoms with E-state index in [1.807, 2.05) is 0 Å². The van der Waals surface area contributed by atoms with Crippen LogP contribution in [-0.4, -0.2) is 19.0 Å². The number of nitrogens with zero attached hydrogens (tertiary/aromatic N) is 1. The fraction of sp³-hybridized carbons (Fsp3) is 0.182. The van der Waals surface area contributed by atoms with Crippen LogP contribution in [0.5, 0.6) is 0 Å². The average Bonchev–Trinajstić information content (AvgIpc) is 2.31. The first-order valence-corrected chi connectivity index (χ1v) is 6.32. The Morgan fingerprint density at radius 1 is 1.44 bits per heavy atom. The predicted molar refractivity (Wildman–Crippen MR) is 72.0 cm³/mol. The second-order valence-electron chi connectivity index (χ2n) is 3.18. The average molecular weight is 376 g/mol. The van der Waals surface area contributed by atoms with E-state index < -0.39 is 11.9 Å². The standard InChI is InChI=1S/C11H8Br2N2O3/c1-18-11(17)7-4-6(12)5-8(13)10(7)15-9(16)2-3-14/h4-5H,2H2,1H3,(H,15,16). The van der Waals surface area contributed by atoms with E-state index in [9.17, 15) is 9.59 Å². The van der Waals surface area contributed by atoms with Crippen molar-refractivity contribution in [3.05, 3.63) is 26.6 Å². The van der Waals surface area contributed by atoms with Crippen molar-refractivity contribution in [2.45, 2.75) is 6.42 Å². The lowest BCUT2D eigenvalue weighted by atomic mass is 10.1. The summed E-state index contributed by atoms with van der Waals surface area (Å²) in [6.45, 7) is 0. The van der Waals surface area contributed by atoms with Crippen LogP contribution >= 0.6 is 31.9 Å². The van der Waals surface area contributed by atoms with Crippen molar-refractivity contribution in [1.82, 2.24) is 0 Å². The summed E-state index contributed by atoms with van der Waals surface area (Å²) in [6.07, 6.45) is -0.289. The molecule has 0 atom stereocenters. The van der Waals surface area contributed by atoms with Crippen molar-refractivity contribution < 1.29 is 14.3 Å². The van der Waals surface area contributed by atoms with E-state index in [-0.39, 0.29) is 17.7 Å². The van der Waals surface area contributed by atoms with Gasteiger partial charge in [-0.2, -0.15) is 5.26 Å². The highest BCUT2D eigenvalue weighted by atomic mass is 79.9. The van der Waals surface area contributed by atoms with Crippen LogP contribution in [0.3, 0.4) is 0 Å². The molecule has 0 saturated carbocycles. The summed E-state index contributed by atoms with van der Waals surface area (Å²) in [6, 6.07) is 4.93. The van der Waals surface area contributed by atoms with E-state index >= 15 is 0 Å². The summed E-state index contributed by atoms with van der Waals surface area (Å²) in [4.78, 5) is 23.0.